The minimum atomic E-state index is -0.172. The van der Waals surface area contributed by atoms with Crippen LogP contribution < -0.4 is 16.0 Å². The number of benzene rings is 1. The zero-order valence-electron chi connectivity index (χ0n) is 13.9. The van der Waals surface area contributed by atoms with E-state index in [1.807, 2.05) is 18.2 Å². The van der Waals surface area contributed by atoms with Crippen LogP contribution in [0, 0.1) is 0 Å². The summed E-state index contributed by atoms with van der Waals surface area (Å²) in [5.74, 6) is -0.0406. The van der Waals surface area contributed by atoms with Crippen LogP contribution in [0.1, 0.15) is 58.3 Å². The number of hydrogen-bond donors (Lipinski definition) is 3. The Kier molecular flexibility index (Phi) is 6.91. The van der Waals surface area contributed by atoms with E-state index in [0.29, 0.717) is 17.8 Å². The fraction of sp³-hybridized carbons (Fsp3) is 0.556. The second-order valence-corrected chi connectivity index (χ2v) is 6.12. The Labute approximate surface area is 138 Å². The fourth-order valence-corrected chi connectivity index (χ4v) is 2.88. The van der Waals surface area contributed by atoms with E-state index in [1.165, 1.54) is 32.1 Å². The third-order valence-electron chi connectivity index (χ3n) is 4.17. The smallest absolute Gasteiger partial charge is 0.319 e. The summed E-state index contributed by atoms with van der Waals surface area (Å²) in [7, 11) is 0. The molecule has 1 aliphatic carbocycles. The highest BCUT2D eigenvalue weighted by Crippen LogP contribution is 2.18. The summed E-state index contributed by atoms with van der Waals surface area (Å²) >= 11 is 0. The Bertz CT molecular complexity index is 523. The molecule has 1 aliphatic rings. The second-order valence-electron chi connectivity index (χ2n) is 6.12. The molecule has 5 nitrogen and oxygen atoms in total. The Morgan fingerprint density at radius 2 is 1.61 bits per heavy atom. The van der Waals surface area contributed by atoms with Gasteiger partial charge in [0.05, 0.1) is 0 Å². The van der Waals surface area contributed by atoms with Gasteiger partial charge in [-0.1, -0.05) is 45.1 Å². The van der Waals surface area contributed by atoms with Crippen LogP contribution in [-0.2, 0) is 4.79 Å². The highest BCUT2D eigenvalue weighted by atomic mass is 16.2. The topological polar surface area (TPSA) is 70.2 Å². The van der Waals surface area contributed by atoms with Gasteiger partial charge < -0.3 is 16.0 Å². The first-order valence-electron chi connectivity index (χ1n) is 8.65. The van der Waals surface area contributed by atoms with Crippen LogP contribution in [0.4, 0.5) is 16.2 Å². The zero-order valence-corrected chi connectivity index (χ0v) is 13.9. The van der Waals surface area contributed by atoms with E-state index in [1.54, 1.807) is 13.0 Å². The van der Waals surface area contributed by atoms with Crippen molar-refractivity contribution < 1.29 is 9.59 Å². The van der Waals surface area contributed by atoms with Gasteiger partial charge in [0, 0.05) is 23.8 Å². The van der Waals surface area contributed by atoms with Crippen LogP contribution >= 0.6 is 0 Å². The maximum Gasteiger partial charge on any atom is 0.319 e. The lowest BCUT2D eigenvalue weighted by Gasteiger charge is -2.21. The summed E-state index contributed by atoms with van der Waals surface area (Å²) in [5, 5.41) is 8.72. The third kappa shape index (κ3) is 6.30. The van der Waals surface area contributed by atoms with Crippen molar-refractivity contribution in [3.8, 4) is 0 Å². The summed E-state index contributed by atoms with van der Waals surface area (Å²) in [4.78, 5) is 23.6. The number of hydrogen-bond acceptors (Lipinski definition) is 2. The van der Waals surface area contributed by atoms with Crippen molar-refractivity contribution in [2.45, 2.75) is 64.3 Å². The van der Waals surface area contributed by atoms with Crippen molar-refractivity contribution in [2.75, 3.05) is 10.6 Å². The number of rotatable bonds is 4. The van der Waals surface area contributed by atoms with Crippen molar-refractivity contribution in [3.63, 3.8) is 0 Å². The second kappa shape index (κ2) is 9.18. The van der Waals surface area contributed by atoms with Crippen LogP contribution in [0.25, 0.3) is 0 Å². The molecule has 126 valence electrons. The maximum absolute atomic E-state index is 12.2. The van der Waals surface area contributed by atoms with Crippen molar-refractivity contribution >= 4 is 23.3 Å². The molecule has 0 radical (unpaired) electrons. The first kappa shape index (κ1) is 17.3. The summed E-state index contributed by atoms with van der Waals surface area (Å²) in [6.07, 6.45) is 8.75. The molecule has 5 heteroatoms. The molecule has 3 N–H and O–H groups in total. The summed E-state index contributed by atoms with van der Waals surface area (Å²) < 4.78 is 0. The monoisotopic (exact) mass is 317 g/mol. The molecule has 1 fully saturated rings. The fourth-order valence-electron chi connectivity index (χ4n) is 2.88. The predicted molar refractivity (Wildman–Crippen MR) is 93.6 cm³/mol. The molecule has 1 aromatic carbocycles. The normalized spacial score (nSPS) is 16.0. The van der Waals surface area contributed by atoms with Crippen LogP contribution in [-0.4, -0.2) is 18.0 Å². The highest BCUT2D eigenvalue weighted by molar-refractivity contribution is 5.93. The SMILES string of the molecule is CCC(=O)Nc1cccc(NC(=O)NC2CCCCCCC2)c1. The minimum Gasteiger partial charge on any atom is -0.335 e. The molecule has 0 spiro atoms. The lowest BCUT2D eigenvalue weighted by Crippen LogP contribution is -2.38. The Morgan fingerprint density at radius 1 is 1.00 bits per heavy atom. The molecule has 1 aromatic rings. The van der Waals surface area contributed by atoms with Crippen molar-refractivity contribution in [2.24, 2.45) is 0 Å². The molecule has 1 saturated carbocycles. The van der Waals surface area contributed by atoms with Crippen molar-refractivity contribution in [1.82, 2.24) is 5.32 Å². The number of carbonyl (C=O) groups excluding carboxylic acids is 2. The molecule has 0 heterocycles. The summed E-state index contributed by atoms with van der Waals surface area (Å²) in [5.41, 5.74) is 1.38. The van der Waals surface area contributed by atoms with Crippen LogP contribution in [0.5, 0.6) is 0 Å². The number of carbonyl (C=O) groups is 2. The molecule has 0 atom stereocenters. The van der Waals surface area contributed by atoms with E-state index in [4.69, 9.17) is 0 Å². The number of nitrogens with one attached hydrogen (secondary N) is 3. The quantitative estimate of drug-likeness (QED) is 0.776. The largest absolute Gasteiger partial charge is 0.335 e. The number of anilines is 2. The maximum atomic E-state index is 12.2. The molecule has 0 aliphatic heterocycles. The lowest BCUT2D eigenvalue weighted by atomic mass is 9.97. The standard InChI is InChI=1S/C18H27N3O2/c1-2-17(22)19-15-11-8-12-16(13-15)21-18(23)20-14-9-6-4-3-5-7-10-14/h8,11-14H,2-7,9-10H2,1H3,(H,19,22)(H2,20,21,23). The highest BCUT2D eigenvalue weighted by Gasteiger charge is 2.14. The van der Waals surface area contributed by atoms with Crippen molar-refractivity contribution in [3.05, 3.63) is 24.3 Å². The summed E-state index contributed by atoms with van der Waals surface area (Å²) in [6.45, 7) is 1.81. The van der Waals surface area contributed by atoms with E-state index >= 15 is 0 Å². The van der Waals surface area contributed by atoms with Gasteiger partial charge in [-0.05, 0) is 31.0 Å². The van der Waals surface area contributed by atoms with Gasteiger partial charge in [0.1, 0.15) is 0 Å². The van der Waals surface area contributed by atoms with Crippen molar-refractivity contribution in [1.29, 1.82) is 0 Å². The Balaban J connectivity index is 1.86. The van der Waals surface area contributed by atoms with Crippen LogP contribution in [0.2, 0.25) is 0 Å². The Morgan fingerprint density at radius 3 is 2.26 bits per heavy atom. The average Bonchev–Trinajstić information content (AvgIpc) is 2.50. The first-order valence-corrected chi connectivity index (χ1v) is 8.65. The van der Waals surface area contributed by atoms with Gasteiger partial charge in [-0.25, -0.2) is 4.79 Å². The van der Waals surface area contributed by atoms with Gasteiger partial charge in [-0.3, -0.25) is 4.79 Å². The van der Waals surface area contributed by atoms with Gasteiger partial charge in [0.2, 0.25) is 5.91 Å². The van der Waals surface area contributed by atoms with E-state index < -0.39 is 0 Å². The van der Waals surface area contributed by atoms with Gasteiger partial charge in [-0.2, -0.15) is 0 Å². The van der Waals surface area contributed by atoms with Gasteiger partial charge in [0.15, 0.2) is 0 Å². The zero-order chi connectivity index (χ0) is 16.5. The third-order valence-corrected chi connectivity index (χ3v) is 4.17. The van der Waals surface area contributed by atoms with E-state index in [-0.39, 0.29) is 18.0 Å². The van der Waals surface area contributed by atoms with E-state index in [2.05, 4.69) is 16.0 Å². The number of urea groups is 1. The van der Waals surface area contributed by atoms with Gasteiger partial charge in [-0.15, -0.1) is 0 Å². The molecule has 0 bridgehead atoms. The molecular weight excluding hydrogens is 290 g/mol. The summed E-state index contributed by atoms with van der Waals surface area (Å²) in [6, 6.07) is 7.31. The minimum absolute atomic E-state index is 0.0406. The van der Waals surface area contributed by atoms with Gasteiger partial charge in [0.25, 0.3) is 0 Å². The predicted octanol–water partition coefficient (Wildman–Crippen LogP) is 4.27. The molecule has 23 heavy (non-hydrogen) atoms. The molecular formula is C18H27N3O2. The molecule has 3 amide bonds. The van der Waals surface area contributed by atoms with E-state index in [9.17, 15) is 9.59 Å². The molecule has 0 unspecified atom stereocenters. The van der Waals surface area contributed by atoms with Gasteiger partial charge >= 0.3 is 6.03 Å². The molecule has 0 saturated heterocycles. The van der Waals surface area contributed by atoms with Crippen LogP contribution in [0.15, 0.2) is 24.3 Å². The van der Waals surface area contributed by atoms with Crippen LogP contribution in [0.3, 0.4) is 0 Å². The Hall–Kier alpha value is -2.04. The first-order chi connectivity index (χ1) is 11.2. The number of amides is 3. The lowest BCUT2D eigenvalue weighted by molar-refractivity contribution is -0.115. The average molecular weight is 317 g/mol. The molecule has 2 rings (SSSR count). The van der Waals surface area contributed by atoms with E-state index in [0.717, 1.165) is 12.8 Å². The molecule has 0 aromatic heterocycles.